The molecule has 1 aromatic heterocycles. The normalized spacial score (nSPS) is 20.5. The summed E-state index contributed by atoms with van der Waals surface area (Å²) in [6.45, 7) is 1.74. The van der Waals surface area contributed by atoms with Crippen molar-refractivity contribution in [2.45, 2.75) is 12.5 Å². The zero-order valence-corrected chi connectivity index (χ0v) is 16.4. The molecule has 3 heterocycles. The molecule has 1 unspecified atom stereocenters. The molecule has 30 heavy (non-hydrogen) atoms. The Morgan fingerprint density at radius 1 is 1.10 bits per heavy atom. The molecule has 1 atom stereocenters. The fourth-order valence-electron chi connectivity index (χ4n) is 4.58. The molecule has 0 radical (unpaired) electrons. The van der Waals surface area contributed by atoms with Crippen LogP contribution >= 0.6 is 0 Å². The first-order valence-electron chi connectivity index (χ1n) is 9.78. The first kappa shape index (κ1) is 18.9. The lowest BCUT2D eigenvalue weighted by atomic mass is 9.77. The number of likely N-dealkylation sites (tertiary alicyclic amines) is 2. The average molecular weight is 410 g/mol. The van der Waals surface area contributed by atoms with Crippen molar-refractivity contribution in [3.05, 3.63) is 71.6 Å². The molecule has 1 amide bonds. The van der Waals surface area contributed by atoms with Gasteiger partial charge in [0.1, 0.15) is 11.6 Å². The minimum Gasteiger partial charge on any atom is -0.419 e. The van der Waals surface area contributed by atoms with Crippen LogP contribution in [0.2, 0.25) is 0 Å². The minimum atomic E-state index is -0.705. The van der Waals surface area contributed by atoms with Gasteiger partial charge in [-0.05, 0) is 43.8 Å². The topological polar surface area (TPSA) is 62.5 Å². The van der Waals surface area contributed by atoms with Crippen molar-refractivity contribution in [1.82, 2.24) is 20.0 Å². The molecule has 3 aromatic rings. The van der Waals surface area contributed by atoms with E-state index in [1.54, 1.807) is 4.90 Å². The van der Waals surface area contributed by atoms with Crippen molar-refractivity contribution in [1.29, 1.82) is 0 Å². The molecule has 2 fully saturated rings. The number of hydrogen-bond donors (Lipinski definition) is 0. The van der Waals surface area contributed by atoms with Crippen LogP contribution in [0.15, 0.2) is 52.9 Å². The van der Waals surface area contributed by atoms with Gasteiger partial charge in [-0.25, -0.2) is 8.78 Å². The minimum absolute atomic E-state index is 0.0434. The summed E-state index contributed by atoms with van der Waals surface area (Å²) in [7, 11) is 1.99. The Morgan fingerprint density at radius 2 is 1.87 bits per heavy atom. The van der Waals surface area contributed by atoms with Crippen LogP contribution in [-0.2, 0) is 0 Å². The molecule has 8 heteroatoms. The van der Waals surface area contributed by atoms with Gasteiger partial charge < -0.3 is 9.32 Å². The highest BCUT2D eigenvalue weighted by Crippen LogP contribution is 2.48. The number of carbonyl (C=O) groups excluding carboxylic acids is 1. The van der Waals surface area contributed by atoms with Crippen LogP contribution < -0.4 is 0 Å². The number of halogens is 2. The lowest BCUT2D eigenvalue weighted by Crippen LogP contribution is -2.59. The van der Waals surface area contributed by atoms with E-state index >= 15 is 0 Å². The highest BCUT2D eigenvalue weighted by molar-refractivity contribution is 5.95. The number of carbonyl (C=O) groups is 1. The highest BCUT2D eigenvalue weighted by Gasteiger charge is 2.53. The second kappa shape index (κ2) is 6.98. The Labute approximate surface area is 172 Å². The van der Waals surface area contributed by atoms with E-state index in [0.29, 0.717) is 24.9 Å². The molecule has 0 bridgehead atoms. The molecule has 1 spiro atoms. The van der Waals surface area contributed by atoms with Crippen molar-refractivity contribution in [2.24, 2.45) is 5.41 Å². The zero-order valence-electron chi connectivity index (χ0n) is 16.4. The molecular weight excluding hydrogens is 390 g/mol. The van der Waals surface area contributed by atoms with Gasteiger partial charge in [0.05, 0.1) is 11.6 Å². The van der Waals surface area contributed by atoms with Crippen LogP contribution in [0, 0.1) is 17.0 Å². The third-order valence-corrected chi connectivity index (χ3v) is 5.99. The van der Waals surface area contributed by atoms with Gasteiger partial charge in [-0.1, -0.05) is 18.2 Å². The second-order valence-corrected chi connectivity index (χ2v) is 8.23. The lowest BCUT2D eigenvalue weighted by molar-refractivity contribution is 0.0111. The van der Waals surface area contributed by atoms with Gasteiger partial charge in [-0.3, -0.25) is 9.69 Å². The molecule has 6 nitrogen and oxygen atoms in total. The summed E-state index contributed by atoms with van der Waals surface area (Å²) in [5, 5.41) is 8.41. The number of benzene rings is 2. The summed E-state index contributed by atoms with van der Waals surface area (Å²) in [6, 6.07) is 12.5. The average Bonchev–Trinajstić information content (AvgIpc) is 3.33. The molecule has 0 saturated carbocycles. The first-order chi connectivity index (χ1) is 14.4. The molecular formula is C22H20F2N4O2. The van der Waals surface area contributed by atoms with Crippen molar-refractivity contribution < 1.29 is 18.0 Å². The van der Waals surface area contributed by atoms with E-state index in [1.165, 1.54) is 0 Å². The molecule has 0 N–H and O–H groups in total. The van der Waals surface area contributed by atoms with Crippen molar-refractivity contribution >= 4 is 5.91 Å². The Balaban J connectivity index is 1.28. The van der Waals surface area contributed by atoms with E-state index in [9.17, 15) is 13.6 Å². The van der Waals surface area contributed by atoms with E-state index in [0.717, 1.165) is 36.7 Å². The maximum atomic E-state index is 13.9. The van der Waals surface area contributed by atoms with Crippen LogP contribution in [0.4, 0.5) is 8.78 Å². The highest BCUT2D eigenvalue weighted by atomic mass is 19.1. The van der Waals surface area contributed by atoms with E-state index in [-0.39, 0.29) is 17.0 Å². The largest absolute Gasteiger partial charge is 0.419 e. The number of nitrogens with zero attached hydrogens (tertiary/aromatic N) is 4. The monoisotopic (exact) mass is 410 g/mol. The van der Waals surface area contributed by atoms with E-state index in [1.807, 2.05) is 37.4 Å². The van der Waals surface area contributed by atoms with Gasteiger partial charge >= 0.3 is 0 Å². The van der Waals surface area contributed by atoms with Gasteiger partial charge in [-0.2, -0.15) is 0 Å². The van der Waals surface area contributed by atoms with Gasteiger partial charge in [0.15, 0.2) is 0 Å². The predicted octanol–water partition coefficient (Wildman–Crippen LogP) is 3.53. The van der Waals surface area contributed by atoms with Gasteiger partial charge in [0.2, 0.25) is 11.8 Å². The fourth-order valence-corrected chi connectivity index (χ4v) is 4.58. The van der Waals surface area contributed by atoms with Crippen molar-refractivity contribution in [3.63, 3.8) is 0 Å². The molecule has 5 rings (SSSR count). The van der Waals surface area contributed by atoms with Crippen molar-refractivity contribution in [3.8, 4) is 11.5 Å². The molecule has 154 valence electrons. The predicted molar refractivity (Wildman–Crippen MR) is 104 cm³/mol. The molecule has 0 aliphatic carbocycles. The van der Waals surface area contributed by atoms with E-state index in [4.69, 9.17) is 4.42 Å². The molecule has 2 saturated heterocycles. The zero-order chi connectivity index (χ0) is 20.9. The summed E-state index contributed by atoms with van der Waals surface area (Å²) >= 11 is 0. The second-order valence-electron chi connectivity index (χ2n) is 8.23. The standard InChI is InChI=1S/C22H20F2N4O2/c1-27-11-22(12-28(13-22)21(29)16-9-15(23)7-8-17(16)24)10-18(27)20-26-25-19(30-20)14-5-3-2-4-6-14/h2-9,18H,10-13H2,1H3. The van der Waals surface area contributed by atoms with Crippen LogP contribution in [0.5, 0.6) is 0 Å². The van der Waals surface area contributed by atoms with Crippen LogP contribution in [-0.4, -0.2) is 52.6 Å². The quantitative estimate of drug-likeness (QED) is 0.661. The number of amides is 1. The molecule has 2 aliphatic rings. The summed E-state index contributed by atoms with van der Waals surface area (Å²) in [4.78, 5) is 16.3. The number of rotatable bonds is 3. The van der Waals surface area contributed by atoms with E-state index in [2.05, 4.69) is 15.1 Å². The van der Waals surface area contributed by atoms with Crippen LogP contribution in [0.25, 0.3) is 11.5 Å². The third kappa shape index (κ3) is 3.17. The molecule has 2 aliphatic heterocycles. The smallest absolute Gasteiger partial charge is 0.256 e. The summed E-state index contributed by atoms with van der Waals surface area (Å²) in [6.07, 6.45) is 0.759. The third-order valence-electron chi connectivity index (χ3n) is 5.99. The molecule has 2 aromatic carbocycles. The summed E-state index contributed by atoms with van der Waals surface area (Å²) in [5.41, 5.74) is 0.529. The number of hydrogen-bond acceptors (Lipinski definition) is 5. The Kier molecular flexibility index (Phi) is 4.39. The maximum Gasteiger partial charge on any atom is 0.256 e. The number of aromatic nitrogens is 2. The SMILES string of the molecule is CN1CC2(CC1c1nnc(-c3ccccc3)o1)CN(C(=O)c1cc(F)ccc1F)C2. The van der Waals surface area contributed by atoms with Crippen LogP contribution in [0.3, 0.4) is 0 Å². The van der Waals surface area contributed by atoms with Gasteiger partial charge in [-0.15, -0.1) is 10.2 Å². The van der Waals surface area contributed by atoms with Gasteiger partial charge in [0.25, 0.3) is 5.91 Å². The lowest BCUT2D eigenvalue weighted by Gasteiger charge is -2.48. The maximum absolute atomic E-state index is 13.9. The summed E-state index contributed by atoms with van der Waals surface area (Å²) < 4.78 is 33.3. The Bertz CT molecular complexity index is 1100. The first-order valence-corrected chi connectivity index (χ1v) is 9.78. The van der Waals surface area contributed by atoms with Gasteiger partial charge in [0, 0.05) is 30.6 Å². The fraction of sp³-hybridized carbons (Fsp3) is 0.318. The van der Waals surface area contributed by atoms with Crippen molar-refractivity contribution in [2.75, 3.05) is 26.7 Å². The Hall–Kier alpha value is -3.13. The van der Waals surface area contributed by atoms with Crippen LogP contribution in [0.1, 0.15) is 28.7 Å². The Morgan fingerprint density at radius 3 is 2.63 bits per heavy atom. The summed E-state index contributed by atoms with van der Waals surface area (Å²) in [5.74, 6) is -0.779. The van der Waals surface area contributed by atoms with E-state index < -0.39 is 17.5 Å².